The van der Waals surface area contributed by atoms with E-state index in [4.69, 9.17) is 4.43 Å². The largest absolute Gasteiger partial charge is 0.516 e. The number of hydrogen-bond acceptors (Lipinski definition) is 3. The molecule has 0 saturated carbocycles. The molecule has 1 aromatic carbocycles. The number of benzene rings is 1. The summed E-state index contributed by atoms with van der Waals surface area (Å²) in [6, 6.07) is 7.79. The molecule has 0 fully saturated rings. The predicted molar refractivity (Wildman–Crippen MR) is 90.0 cm³/mol. The van der Waals surface area contributed by atoms with Gasteiger partial charge in [-0.2, -0.15) is 0 Å². The molecule has 0 aliphatic rings. The van der Waals surface area contributed by atoms with E-state index >= 15 is 0 Å². The molecule has 0 heterocycles. The molecule has 0 aromatic heterocycles. The van der Waals surface area contributed by atoms with Crippen LogP contribution in [-0.4, -0.2) is 34.1 Å². The minimum absolute atomic E-state index is 0.200. The Balaban J connectivity index is 2.72. The monoisotopic (exact) mass is 309 g/mol. The molecule has 0 aliphatic carbocycles. The van der Waals surface area contributed by atoms with Crippen molar-refractivity contribution in [1.82, 2.24) is 4.57 Å². The molecule has 3 nitrogen and oxygen atoms in total. The van der Waals surface area contributed by atoms with Crippen LogP contribution in [0, 0.1) is 0 Å². The number of carbonyl (C=O) groups excluding carboxylic acids is 1. The lowest BCUT2D eigenvalue weighted by Crippen LogP contribution is -2.42. The minimum atomic E-state index is -1.82. The van der Waals surface area contributed by atoms with Gasteiger partial charge in [0.05, 0.1) is 5.56 Å². The van der Waals surface area contributed by atoms with Crippen LogP contribution in [0.3, 0.4) is 0 Å². The molecular formula is C15H27NO2Si2. The maximum Gasteiger partial charge on any atom is 0.324 e. The second-order valence-corrected chi connectivity index (χ2v) is 16.8. The van der Waals surface area contributed by atoms with Gasteiger partial charge >= 0.3 is 5.97 Å². The molecule has 0 bridgehead atoms. The fourth-order valence-corrected chi connectivity index (χ4v) is 2.93. The van der Waals surface area contributed by atoms with Crippen LogP contribution in [0.2, 0.25) is 39.3 Å². The predicted octanol–water partition coefficient (Wildman–Crippen LogP) is 3.95. The van der Waals surface area contributed by atoms with Gasteiger partial charge in [-0.25, -0.2) is 4.79 Å². The molecule has 0 atom stereocenters. The van der Waals surface area contributed by atoms with Crippen LogP contribution < -0.4 is 0 Å². The molecule has 0 radical (unpaired) electrons. The Morgan fingerprint density at radius 2 is 1.55 bits per heavy atom. The summed E-state index contributed by atoms with van der Waals surface area (Å²) in [7, 11) is -0.917. The SMILES string of the molecule is CN(Cc1ccc(C(=O)O[Si](C)(C)C)cc1)[Si](C)(C)C. The topological polar surface area (TPSA) is 29.5 Å². The molecule has 0 amide bonds. The van der Waals surface area contributed by atoms with Crippen LogP contribution in [0.5, 0.6) is 0 Å². The highest BCUT2D eigenvalue weighted by Crippen LogP contribution is 2.14. The molecule has 1 rings (SSSR count). The van der Waals surface area contributed by atoms with Gasteiger partial charge in [0, 0.05) is 6.54 Å². The summed E-state index contributed by atoms with van der Waals surface area (Å²) >= 11 is 0. The lowest BCUT2D eigenvalue weighted by atomic mass is 10.1. The van der Waals surface area contributed by atoms with Gasteiger partial charge in [0.2, 0.25) is 8.32 Å². The maximum absolute atomic E-state index is 12.0. The Hall–Kier alpha value is -0.916. The molecule has 0 unspecified atom stereocenters. The van der Waals surface area contributed by atoms with Crippen molar-refractivity contribution >= 4 is 22.5 Å². The van der Waals surface area contributed by atoms with Gasteiger partial charge in [-0.1, -0.05) is 31.8 Å². The Labute approximate surface area is 125 Å². The molecular weight excluding hydrogens is 282 g/mol. The zero-order valence-corrected chi connectivity index (χ0v) is 15.8. The lowest BCUT2D eigenvalue weighted by Gasteiger charge is -2.30. The van der Waals surface area contributed by atoms with E-state index in [0.717, 1.165) is 6.54 Å². The van der Waals surface area contributed by atoms with E-state index in [0.29, 0.717) is 5.56 Å². The third-order valence-corrected chi connectivity index (χ3v) is 6.40. The van der Waals surface area contributed by atoms with Gasteiger partial charge in [0.15, 0.2) is 0 Å². The summed E-state index contributed by atoms with van der Waals surface area (Å²) in [4.78, 5) is 12.0. The van der Waals surface area contributed by atoms with Gasteiger partial charge in [0.25, 0.3) is 0 Å². The molecule has 0 saturated heterocycles. The molecule has 112 valence electrons. The zero-order chi connectivity index (χ0) is 15.6. The van der Waals surface area contributed by atoms with Crippen molar-refractivity contribution in [2.75, 3.05) is 7.05 Å². The summed E-state index contributed by atoms with van der Waals surface area (Å²) in [5, 5.41) is 0. The van der Waals surface area contributed by atoms with E-state index in [1.54, 1.807) is 0 Å². The first-order valence-electron chi connectivity index (χ1n) is 7.02. The summed E-state index contributed by atoms with van der Waals surface area (Å²) in [5.74, 6) is -0.200. The van der Waals surface area contributed by atoms with Crippen LogP contribution in [0.1, 0.15) is 15.9 Å². The van der Waals surface area contributed by atoms with Crippen molar-refractivity contribution in [3.8, 4) is 0 Å². The summed E-state index contributed by atoms with van der Waals surface area (Å²) in [5.41, 5.74) is 1.88. The Bertz CT molecular complexity index is 458. The van der Waals surface area contributed by atoms with Gasteiger partial charge in [-0.05, 0) is 44.4 Å². The van der Waals surface area contributed by atoms with Crippen LogP contribution in [0.15, 0.2) is 24.3 Å². The summed E-state index contributed by atoms with van der Waals surface area (Å²) in [6.07, 6.45) is 0. The van der Waals surface area contributed by atoms with Crippen LogP contribution in [-0.2, 0) is 11.0 Å². The fraction of sp³-hybridized carbons (Fsp3) is 0.533. The average Bonchev–Trinajstić information content (AvgIpc) is 2.26. The van der Waals surface area contributed by atoms with E-state index in [9.17, 15) is 4.79 Å². The number of hydrogen-bond donors (Lipinski definition) is 0. The molecule has 0 N–H and O–H groups in total. The highest BCUT2D eigenvalue weighted by atomic mass is 28.4. The van der Waals surface area contributed by atoms with Crippen molar-refractivity contribution in [3.05, 3.63) is 35.4 Å². The second kappa shape index (κ2) is 6.24. The minimum Gasteiger partial charge on any atom is -0.516 e. The second-order valence-electron chi connectivity index (χ2n) is 7.23. The van der Waals surface area contributed by atoms with Gasteiger partial charge in [-0.3, -0.25) is 0 Å². The Morgan fingerprint density at radius 1 is 1.05 bits per heavy atom. The molecule has 0 spiro atoms. The average molecular weight is 310 g/mol. The fourth-order valence-electron chi connectivity index (χ4n) is 1.59. The van der Waals surface area contributed by atoms with Gasteiger partial charge in [-0.15, -0.1) is 0 Å². The first kappa shape index (κ1) is 17.1. The van der Waals surface area contributed by atoms with Crippen molar-refractivity contribution < 1.29 is 9.22 Å². The third-order valence-electron chi connectivity index (χ3n) is 3.15. The zero-order valence-electron chi connectivity index (χ0n) is 13.8. The van der Waals surface area contributed by atoms with E-state index in [1.165, 1.54) is 5.56 Å². The quantitative estimate of drug-likeness (QED) is 0.771. The third kappa shape index (κ3) is 5.60. The van der Waals surface area contributed by atoms with E-state index < -0.39 is 16.6 Å². The van der Waals surface area contributed by atoms with E-state index in [1.807, 2.05) is 43.9 Å². The smallest absolute Gasteiger partial charge is 0.324 e. The van der Waals surface area contributed by atoms with E-state index in [2.05, 4.69) is 31.3 Å². The molecule has 0 aliphatic heterocycles. The lowest BCUT2D eigenvalue weighted by molar-refractivity contribution is 0.0724. The van der Waals surface area contributed by atoms with Crippen molar-refractivity contribution in [2.24, 2.45) is 0 Å². The first-order valence-corrected chi connectivity index (χ1v) is 13.9. The standard InChI is InChI=1S/C15H27NO2Si2/c1-16(19(2,3)4)12-13-8-10-14(11-9-13)15(17)18-20(5,6)7/h8-11H,12H2,1-7H3. The van der Waals surface area contributed by atoms with E-state index in [-0.39, 0.29) is 5.97 Å². The number of carbonyl (C=O) groups is 1. The highest BCUT2D eigenvalue weighted by Gasteiger charge is 2.22. The first-order chi connectivity index (χ1) is 8.99. The normalized spacial score (nSPS) is 12.6. The van der Waals surface area contributed by atoms with Gasteiger partial charge in [0.1, 0.15) is 8.24 Å². The maximum atomic E-state index is 12.0. The van der Waals surface area contributed by atoms with Crippen LogP contribution in [0.25, 0.3) is 0 Å². The molecule has 5 heteroatoms. The number of nitrogens with zero attached hydrogens (tertiary/aromatic N) is 1. The van der Waals surface area contributed by atoms with Gasteiger partial charge < -0.3 is 8.99 Å². The molecule has 1 aromatic rings. The number of rotatable bonds is 5. The molecule has 20 heavy (non-hydrogen) atoms. The summed E-state index contributed by atoms with van der Waals surface area (Å²) < 4.78 is 7.91. The van der Waals surface area contributed by atoms with Crippen molar-refractivity contribution in [3.63, 3.8) is 0 Å². The van der Waals surface area contributed by atoms with Crippen molar-refractivity contribution in [1.29, 1.82) is 0 Å². The summed E-state index contributed by atoms with van der Waals surface area (Å²) in [6.45, 7) is 14.0. The van der Waals surface area contributed by atoms with Crippen molar-refractivity contribution in [2.45, 2.75) is 45.8 Å². The highest BCUT2D eigenvalue weighted by molar-refractivity contribution is 6.73. The van der Waals surface area contributed by atoms with Crippen LogP contribution >= 0.6 is 0 Å². The van der Waals surface area contributed by atoms with Crippen LogP contribution in [0.4, 0.5) is 0 Å². The Kier molecular flexibility index (Phi) is 5.35. The Morgan fingerprint density at radius 3 is 1.95 bits per heavy atom.